The molecule has 2 aliphatic heterocycles. The van der Waals surface area contributed by atoms with Gasteiger partial charge in [0.05, 0.1) is 11.2 Å². The number of carbonyl (C=O) groups is 2. The summed E-state index contributed by atoms with van der Waals surface area (Å²) in [6, 6.07) is 9.36. The molecule has 0 aliphatic carbocycles. The first-order valence-corrected chi connectivity index (χ1v) is 12.6. The highest BCUT2D eigenvalue weighted by atomic mass is 32.2. The number of hydrogen-bond donors (Lipinski definition) is 1. The van der Waals surface area contributed by atoms with Gasteiger partial charge >= 0.3 is 0 Å². The lowest BCUT2D eigenvalue weighted by molar-refractivity contribution is -0.126. The topological polar surface area (TPSA) is 99.9 Å². The fourth-order valence-electron chi connectivity index (χ4n) is 4.33. The van der Waals surface area contributed by atoms with Gasteiger partial charge in [0.1, 0.15) is 6.04 Å². The third kappa shape index (κ3) is 4.88. The zero-order valence-corrected chi connectivity index (χ0v) is 18.9. The highest BCUT2D eigenvalue weighted by Gasteiger charge is 2.33. The van der Waals surface area contributed by atoms with Crippen LogP contribution in [0.15, 0.2) is 52.0 Å². The molecule has 0 bridgehead atoms. The van der Waals surface area contributed by atoms with Crippen molar-refractivity contribution in [2.24, 2.45) is 0 Å². The second-order valence-corrected chi connectivity index (χ2v) is 10.3. The summed E-state index contributed by atoms with van der Waals surface area (Å²) in [4.78, 5) is 27.4. The first kappa shape index (κ1) is 22.5. The summed E-state index contributed by atoms with van der Waals surface area (Å²) >= 11 is 0. The number of benzene rings is 1. The Labute approximate surface area is 188 Å². The van der Waals surface area contributed by atoms with Crippen molar-refractivity contribution in [3.05, 3.63) is 54.0 Å². The van der Waals surface area contributed by atoms with Gasteiger partial charge in [0.25, 0.3) is 5.91 Å². The maximum Gasteiger partial charge on any atom is 0.290 e. The van der Waals surface area contributed by atoms with Crippen molar-refractivity contribution in [1.82, 2.24) is 14.5 Å². The summed E-state index contributed by atoms with van der Waals surface area (Å²) in [6.07, 6.45) is 6.63. The van der Waals surface area contributed by atoms with E-state index in [1.807, 2.05) is 0 Å². The fraction of sp³-hybridized carbons (Fsp3) is 0.478. The van der Waals surface area contributed by atoms with E-state index < -0.39 is 16.1 Å². The number of rotatable bonds is 6. The van der Waals surface area contributed by atoms with Gasteiger partial charge in [-0.3, -0.25) is 9.59 Å². The quantitative estimate of drug-likeness (QED) is 0.716. The molecule has 9 heteroatoms. The van der Waals surface area contributed by atoms with Crippen LogP contribution in [0.3, 0.4) is 0 Å². The third-order valence-corrected chi connectivity index (χ3v) is 8.05. The Hall–Kier alpha value is -2.65. The summed E-state index contributed by atoms with van der Waals surface area (Å²) < 4.78 is 32.3. The Kier molecular flexibility index (Phi) is 6.95. The zero-order chi connectivity index (χ0) is 22.6. The van der Waals surface area contributed by atoms with Crippen LogP contribution in [0.25, 0.3) is 0 Å². The predicted octanol–water partition coefficient (Wildman–Crippen LogP) is 2.77. The molecule has 0 spiro atoms. The largest absolute Gasteiger partial charge is 0.459 e. The minimum Gasteiger partial charge on any atom is -0.459 e. The van der Waals surface area contributed by atoms with Crippen LogP contribution < -0.4 is 5.32 Å². The summed E-state index contributed by atoms with van der Waals surface area (Å²) in [6.45, 7) is 1.91. The van der Waals surface area contributed by atoms with Gasteiger partial charge < -0.3 is 14.6 Å². The third-order valence-electron chi connectivity index (χ3n) is 6.14. The van der Waals surface area contributed by atoms with E-state index in [-0.39, 0.29) is 29.0 Å². The summed E-state index contributed by atoms with van der Waals surface area (Å²) in [7, 11) is -3.47. The molecule has 3 heterocycles. The molecule has 4 rings (SSSR count). The number of furan rings is 1. The lowest BCUT2D eigenvalue weighted by atomic mass is 10.0. The van der Waals surface area contributed by atoms with E-state index in [1.165, 1.54) is 6.26 Å². The zero-order valence-electron chi connectivity index (χ0n) is 18.0. The van der Waals surface area contributed by atoms with E-state index >= 15 is 0 Å². The first-order chi connectivity index (χ1) is 15.5. The van der Waals surface area contributed by atoms with Gasteiger partial charge in [-0.1, -0.05) is 18.6 Å². The number of nitrogens with one attached hydrogen (secondary N) is 1. The van der Waals surface area contributed by atoms with Crippen LogP contribution in [0.4, 0.5) is 0 Å². The van der Waals surface area contributed by atoms with Crippen molar-refractivity contribution in [3.8, 4) is 0 Å². The number of piperidine rings is 2. The van der Waals surface area contributed by atoms with Crippen molar-refractivity contribution < 1.29 is 22.4 Å². The average Bonchev–Trinajstić information content (AvgIpc) is 3.38. The van der Waals surface area contributed by atoms with Crippen LogP contribution in [0.1, 0.15) is 54.6 Å². The standard InChI is InChI=1S/C23H29N3O5S/c27-22(20-7-2-5-15-26(20)23(28)21-8-6-16-31-21)24-17-18-9-11-19(12-10-18)32(29,30)25-13-3-1-4-14-25/h6,8-12,16,20H,1-5,7,13-15,17H2,(H,24,27). The number of hydrogen-bond acceptors (Lipinski definition) is 5. The van der Waals surface area contributed by atoms with Gasteiger partial charge in [-0.25, -0.2) is 8.42 Å². The molecule has 1 aromatic carbocycles. The summed E-state index contributed by atoms with van der Waals surface area (Å²) in [5.74, 6) is -0.257. The van der Waals surface area contributed by atoms with Crippen LogP contribution in [0, 0.1) is 0 Å². The second-order valence-electron chi connectivity index (χ2n) is 8.31. The molecule has 32 heavy (non-hydrogen) atoms. The van der Waals surface area contributed by atoms with Gasteiger partial charge in [-0.05, 0) is 61.9 Å². The molecule has 1 N–H and O–H groups in total. The molecule has 0 radical (unpaired) electrons. The van der Waals surface area contributed by atoms with Crippen LogP contribution in [0.5, 0.6) is 0 Å². The molecule has 1 atom stereocenters. The molecule has 2 fully saturated rings. The Morgan fingerprint density at radius 2 is 1.69 bits per heavy atom. The van der Waals surface area contributed by atoms with E-state index in [4.69, 9.17) is 4.42 Å². The molecule has 8 nitrogen and oxygen atoms in total. The minimum atomic E-state index is -3.47. The fourth-order valence-corrected chi connectivity index (χ4v) is 5.85. The van der Waals surface area contributed by atoms with Gasteiger partial charge in [-0.2, -0.15) is 4.31 Å². The van der Waals surface area contributed by atoms with Gasteiger partial charge in [-0.15, -0.1) is 0 Å². The molecule has 0 saturated carbocycles. The van der Waals surface area contributed by atoms with E-state index in [2.05, 4.69) is 5.32 Å². The minimum absolute atomic E-state index is 0.213. The van der Waals surface area contributed by atoms with E-state index in [0.717, 1.165) is 37.7 Å². The maximum atomic E-state index is 12.9. The van der Waals surface area contributed by atoms with E-state index in [0.29, 0.717) is 26.1 Å². The molecular formula is C23H29N3O5S. The Balaban J connectivity index is 1.37. The van der Waals surface area contributed by atoms with Crippen LogP contribution in [0.2, 0.25) is 0 Å². The number of sulfonamides is 1. The van der Waals surface area contributed by atoms with E-state index in [1.54, 1.807) is 45.6 Å². The smallest absolute Gasteiger partial charge is 0.290 e. The monoisotopic (exact) mass is 459 g/mol. The number of likely N-dealkylation sites (tertiary alicyclic amines) is 1. The molecule has 2 aliphatic rings. The summed E-state index contributed by atoms with van der Waals surface area (Å²) in [5.41, 5.74) is 0.802. The molecule has 2 saturated heterocycles. The number of nitrogens with zero attached hydrogens (tertiary/aromatic N) is 2. The molecule has 172 valence electrons. The van der Waals surface area contributed by atoms with Gasteiger partial charge in [0.2, 0.25) is 15.9 Å². The molecule has 1 aromatic heterocycles. The van der Waals surface area contributed by atoms with Crippen molar-refractivity contribution >= 4 is 21.8 Å². The highest BCUT2D eigenvalue weighted by molar-refractivity contribution is 7.89. The number of amides is 2. The van der Waals surface area contributed by atoms with Crippen LogP contribution in [-0.2, 0) is 21.4 Å². The Bertz CT molecular complexity index is 1030. The first-order valence-electron chi connectivity index (χ1n) is 11.2. The summed E-state index contributed by atoms with van der Waals surface area (Å²) in [5, 5.41) is 2.90. The SMILES string of the molecule is O=C(NCc1ccc(S(=O)(=O)N2CCCCC2)cc1)C1CCCCN1C(=O)c1ccco1. The normalized spacial score (nSPS) is 20.1. The average molecular weight is 460 g/mol. The van der Waals surface area contributed by atoms with Crippen molar-refractivity contribution in [1.29, 1.82) is 0 Å². The van der Waals surface area contributed by atoms with Crippen LogP contribution in [-0.4, -0.2) is 55.1 Å². The van der Waals surface area contributed by atoms with Gasteiger partial charge in [0, 0.05) is 26.2 Å². The molecular weight excluding hydrogens is 430 g/mol. The molecule has 2 aromatic rings. The Morgan fingerprint density at radius 1 is 0.969 bits per heavy atom. The number of carbonyl (C=O) groups excluding carboxylic acids is 2. The lowest BCUT2D eigenvalue weighted by Crippen LogP contribution is -2.51. The Morgan fingerprint density at radius 3 is 2.38 bits per heavy atom. The maximum absolute atomic E-state index is 12.9. The molecule has 2 amide bonds. The predicted molar refractivity (Wildman–Crippen MR) is 118 cm³/mol. The molecule has 1 unspecified atom stereocenters. The highest BCUT2D eigenvalue weighted by Crippen LogP contribution is 2.22. The second kappa shape index (κ2) is 9.87. The van der Waals surface area contributed by atoms with Gasteiger partial charge in [0.15, 0.2) is 5.76 Å². The lowest BCUT2D eigenvalue weighted by Gasteiger charge is -2.34. The van der Waals surface area contributed by atoms with E-state index in [9.17, 15) is 18.0 Å². The van der Waals surface area contributed by atoms with Crippen molar-refractivity contribution in [2.75, 3.05) is 19.6 Å². The van der Waals surface area contributed by atoms with Crippen molar-refractivity contribution in [2.45, 2.75) is 56.0 Å². The van der Waals surface area contributed by atoms with Crippen molar-refractivity contribution in [3.63, 3.8) is 0 Å². The van der Waals surface area contributed by atoms with Crippen LogP contribution >= 0.6 is 0 Å².